The fourth-order valence-corrected chi connectivity index (χ4v) is 2.47. The summed E-state index contributed by atoms with van der Waals surface area (Å²) < 4.78 is 0. The second-order valence-electron chi connectivity index (χ2n) is 5.11. The quantitative estimate of drug-likeness (QED) is 0.629. The van der Waals surface area contributed by atoms with Gasteiger partial charge in [-0.3, -0.25) is 10.1 Å². The van der Waals surface area contributed by atoms with Crippen LogP contribution in [0.3, 0.4) is 0 Å². The van der Waals surface area contributed by atoms with Crippen molar-refractivity contribution in [1.29, 1.82) is 0 Å². The molecule has 21 heavy (non-hydrogen) atoms. The number of pyridine rings is 1. The molecule has 0 aliphatic carbocycles. The summed E-state index contributed by atoms with van der Waals surface area (Å²) in [5.41, 5.74) is 6.94. The normalized spacial score (nSPS) is 11.6. The summed E-state index contributed by atoms with van der Waals surface area (Å²) >= 11 is 0. The van der Waals surface area contributed by atoms with Crippen molar-refractivity contribution in [3.05, 3.63) is 40.6 Å². The van der Waals surface area contributed by atoms with E-state index in [9.17, 15) is 10.1 Å². The number of nitro benzene ring substituents is 1. The SMILES string of the molecule is CCC(CC)(CN)Nc1ccc([N+](=O)[O-])c2ncccc12. The molecule has 6 nitrogen and oxygen atoms in total. The van der Waals surface area contributed by atoms with Crippen molar-refractivity contribution < 1.29 is 4.92 Å². The summed E-state index contributed by atoms with van der Waals surface area (Å²) in [5, 5.41) is 15.3. The number of fused-ring (bicyclic) bond motifs is 1. The minimum atomic E-state index is -0.408. The number of benzene rings is 1. The van der Waals surface area contributed by atoms with Crippen molar-refractivity contribution in [2.24, 2.45) is 5.73 Å². The van der Waals surface area contributed by atoms with Crippen molar-refractivity contribution in [1.82, 2.24) is 4.98 Å². The van der Waals surface area contributed by atoms with Gasteiger partial charge in [0.1, 0.15) is 5.52 Å². The van der Waals surface area contributed by atoms with Gasteiger partial charge in [-0.1, -0.05) is 13.8 Å². The Kier molecular flexibility index (Phi) is 4.37. The molecule has 2 aromatic rings. The molecule has 0 atom stereocenters. The van der Waals surface area contributed by atoms with Crippen LogP contribution in [0.4, 0.5) is 11.4 Å². The number of nitro groups is 1. The Morgan fingerprint density at radius 2 is 2.05 bits per heavy atom. The van der Waals surface area contributed by atoms with E-state index in [1.165, 1.54) is 6.07 Å². The van der Waals surface area contributed by atoms with E-state index in [0.29, 0.717) is 12.1 Å². The maximum Gasteiger partial charge on any atom is 0.295 e. The highest BCUT2D eigenvalue weighted by atomic mass is 16.6. The fourth-order valence-electron chi connectivity index (χ4n) is 2.47. The molecule has 0 aliphatic heterocycles. The van der Waals surface area contributed by atoms with Crippen LogP contribution < -0.4 is 11.1 Å². The third kappa shape index (κ3) is 2.80. The number of anilines is 1. The highest BCUT2D eigenvalue weighted by Gasteiger charge is 2.25. The Hall–Kier alpha value is -2.21. The number of non-ortho nitro benzene ring substituents is 1. The predicted octanol–water partition coefficient (Wildman–Crippen LogP) is 3.07. The first-order valence-corrected chi connectivity index (χ1v) is 7.07. The minimum Gasteiger partial charge on any atom is -0.378 e. The highest BCUT2D eigenvalue weighted by molar-refractivity contribution is 5.97. The van der Waals surface area contributed by atoms with Crippen LogP contribution in [-0.2, 0) is 0 Å². The second kappa shape index (κ2) is 6.05. The number of rotatable bonds is 6. The molecular weight excluding hydrogens is 268 g/mol. The summed E-state index contributed by atoms with van der Waals surface area (Å²) in [6.45, 7) is 4.66. The molecule has 0 unspecified atom stereocenters. The highest BCUT2D eigenvalue weighted by Crippen LogP contribution is 2.32. The molecular formula is C15H20N4O2. The molecule has 2 rings (SSSR count). The first-order chi connectivity index (χ1) is 10.1. The van der Waals surface area contributed by atoms with Gasteiger partial charge in [0.2, 0.25) is 0 Å². The van der Waals surface area contributed by atoms with E-state index in [1.807, 2.05) is 6.07 Å². The Bertz CT molecular complexity index is 645. The van der Waals surface area contributed by atoms with E-state index < -0.39 is 4.92 Å². The van der Waals surface area contributed by atoms with Gasteiger partial charge in [-0.05, 0) is 31.0 Å². The Labute approximate surface area is 123 Å². The van der Waals surface area contributed by atoms with Gasteiger partial charge >= 0.3 is 0 Å². The van der Waals surface area contributed by atoms with Gasteiger partial charge in [0.25, 0.3) is 5.69 Å². The van der Waals surface area contributed by atoms with E-state index in [-0.39, 0.29) is 11.2 Å². The van der Waals surface area contributed by atoms with Crippen molar-refractivity contribution in [3.63, 3.8) is 0 Å². The average Bonchev–Trinajstić information content (AvgIpc) is 2.52. The van der Waals surface area contributed by atoms with Crippen molar-refractivity contribution >= 4 is 22.3 Å². The summed E-state index contributed by atoms with van der Waals surface area (Å²) in [6, 6.07) is 6.84. The first-order valence-electron chi connectivity index (χ1n) is 7.07. The fraction of sp³-hybridized carbons (Fsp3) is 0.400. The van der Waals surface area contributed by atoms with Gasteiger partial charge in [0, 0.05) is 35.4 Å². The molecule has 0 spiro atoms. The van der Waals surface area contributed by atoms with Gasteiger partial charge in [-0.25, -0.2) is 4.98 Å². The lowest BCUT2D eigenvalue weighted by molar-refractivity contribution is -0.383. The third-order valence-corrected chi connectivity index (χ3v) is 4.09. The molecule has 0 amide bonds. The van der Waals surface area contributed by atoms with E-state index >= 15 is 0 Å². The van der Waals surface area contributed by atoms with Gasteiger partial charge in [-0.15, -0.1) is 0 Å². The molecule has 6 heteroatoms. The second-order valence-corrected chi connectivity index (χ2v) is 5.11. The first kappa shape index (κ1) is 15.2. The molecule has 0 saturated heterocycles. The van der Waals surface area contributed by atoms with Gasteiger partial charge in [0.05, 0.1) is 4.92 Å². The zero-order valence-electron chi connectivity index (χ0n) is 12.3. The number of nitrogens with two attached hydrogens (primary N) is 1. The average molecular weight is 288 g/mol. The van der Waals surface area contributed by atoms with Crippen LogP contribution in [0, 0.1) is 10.1 Å². The molecule has 112 valence electrons. The summed E-state index contributed by atoms with van der Waals surface area (Å²) in [6.07, 6.45) is 3.31. The Morgan fingerprint density at radius 3 is 2.62 bits per heavy atom. The van der Waals surface area contributed by atoms with Crippen LogP contribution in [0.15, 0.2) is 30.5 Å². The lowest BCUT2D eigenvalue weighted by atomic mass is 9.92. The smallest absolute Gasteiger partial charge is 0.295 e. The molecule has 0 bridgehead atoms. The van der Waals surface area contributed by atoms with Gasteiger partial charge < -0.3 is 11.1 Å². The maximum atomic E-state index is 11.1. The van der Waals surface area contributed by atoms with E-state index in [0.717, 1.165) is 23.9 Å². The van der Waals surface area contributed by atoms with Crippen molar-refractivity contribution in [2.45, 2.75) is 32.2 Å². The molecule has 1 aromatic carbocycles. The molecule has 0 aliphatic rings. The Morgan fingerprint density at radius 1 is 1.33 bits per heavy atom. The van der Waals surface area contributed by atoms with Crippen LogP contribution >= 0.6 is 0 Å². The van der Waals surface area contributed by atoms with Crippen LogP contribution in [0.2, 0.25) is 0 Å². The van der Waals surface area contributed by atoms with Crippen LogP contribution in [0.25, 0.3) is 10.9 Å². The largest absolute Gasteiger partial charge is 0.378 e. The van der Waals surface area contributed by atoms with E-state index in [1.54, 1.807) is 18.3 Å². The topological polar surface area (TPSA) is 94.1 Å². The lowest BCUT2D eigenvalue weighted by Crippen LogP contribution is -2.44. The van der Waals surface area contributed by atoms with Gasteiger partial charge in [-0.2, -0.15) is 0 Å². The molecule has 0 radical (unpaired) electrons. The maximum absolute atomic E-state index is 11.1. The molecule has 0 saturated carbocycles. The molecule has 0 fully saturated rings. The van der Waals surface area contributed by atoms with E-state index in [4.69, 9.17) is 5.73 Å². The zero-order valence-corrected chi connectivity index (χ0v) is 12.3. The van der Waals surface area contributed by atoms with E-state index in [2.05, 4.69) is 24.1 Å². The van der Waals surface area contributed by atoms with Crippen LogP contribution in [-0.4, -0.2) is 22.0 Å². The third-order valence-electron chi connectivity index (χ3n) is 4.09. The summed E-state index contributed by atoms with van der Waals surface area (Å²) in [7, 11) is 0. The van der Waals surface area contributed by atoms with Gasteiger partial charge in [0.15, 0.2) is 0 Å². The Balaban J connectivity index is 2.56. The number of nitrogens with zero attached hydrogens (tertiary/aromatic N) is 2. The molecule has 3 N–H and O–H groups in total. The predicted molar refractivity (Wildman–Crippen MR) is 84.4 cm³/mol. The number of nitrogens with one attached hydrogen (secondary N) is 1. The number of hydrogen-bond donors (Lipinski definition) is 2. The number of aromatic nitrogens is 1. The summed E-state index contributed by atoms with van der Waals surface area (Å²) in [5.74, 6) is 0. The van der Waals surface area contributed by atoms with Crippen LogP contribution in [0.5, 0.6) is 0 Å². The number of hydrogen-bond acceptors (Lipinski definition) is 5. The summed E-state index contributed by atoms with van der Waals surface area (Å²) in [4.78, 5) is 14.9. The molecule has 1 aromatic heterocycles. The lowest BCUT2D eigenvalue weighted by Gasteiger charge is -2.33. The standard InChI is InChI=1S/C15H20N4O2/c1-3-15(4-2,10-16)18-12-7-8-13(19(20)21)14-11(12)6-5-9-17-14/h5-9,18H,3-4,10,16H2,1-2H3. The monoisotopic (exact) mass is 288 g/mol. The minimum absolute atomic E-state index is 0.0162. The molecule has 1 heterocycles. The van der Waals surface area contributed by atoms with Crippen molar-refractivity contribution in [2.75, 3.05) is 11.9 Å². The van der Waals surface area contributed by atoms with Crippen LogP contribution in [0.1, 0.15) is 26.7 Å². The van der Waals surface area contributed by atoms with Crippen molar-refractivity contribution in [3.8, 4) is 0 Å². The zero-order chi connectivity index (χ0) is 15.5.